The number of para-hydroxylation sites is 1. The molecule has 1 aliphatic heterocycles. The van der Waals surface area contributed by atoms with Crippen molar-refractivity contribution in [3.63, 3.8) is 0 Å². The molecule has 14 heteroatoms. The zero-order valence-electron chi connectivity index (χ0n) is 22.5. The summed E-state index contributed by atoms with van der Waals surface area (Å²) in [6, 6.07) is 8.92. The number of H-pyrrole nitrogens is 1. The van der Waals surface area contributed by atoms with Gasteiger partial charge in [0.1, 0.15) is 29.6 Å². The molecule has 0 amide bonds. The SMILES string of the molecule is CC(C)CC(NP(=S)(OCC1OC(n2ccc(=O)[nH]c2=O)C(C)(O)C1O)Oc1ccccc1)C(=O)OC(C)C. The van der Waals surface area contributed by atoms with Gasteiger partial charge >= 0.3 is 18.3 Å². The van der Waals surface area contributed by atoms with Crippen LogP contribution in [0.5, 0.6) is 5.75 Å². The van der Waals surface area contributed by atoms with Gasteiger partial charge in [0.25, 0.3) is 5.56 Å². The highest BCUT2D eigenvalue weighted by Crippen LogP contribution is 2.47. The number of carbonyl (C=O) groups is 1. The molecule has 0 bridgehead atoms. The number of hydrogen-bond donors (Lipinski definition) is 4. The Morgan fingerprint density at radius 1 is 1.23 bits per heavy atom. The number of aliphatic hydroxyl groups is 2. The van der Waals surface area contributed by atoms with Crippen LogP contribution in [0.1, 0.15) is 47.3 Å². The molecule has 1 fully saturated rings. The Hall–Kier alpha value is -2.38. The summed E-state index contributed by atoms with van der Waals surface area (Å²) in [7, 11) is 0. The summed E-state index contributed by atoms with van der Waals surface area (Å²) in [6.45, 7) is 4.84. The predicted molar refractivity (Wildman–Crippen MR) is 147 cm³/mol. The number of nitrogens with zero attached hydrogens (tertiary/aromatic N) is 1. The van der Waals surface area contributed by atoms with E-state index in [0.717, 1.165) is 16.8 Å². The number of aromatic nitrogens is 2. The van der Waals surface area contributed by atoms with E-state index in [2.05, 4.69) is 10.1 Å². The molecule has 0 radical (unpaired) electrons. The third-order valence-corrected chi connectivity index (χ3v) is 8.32. The molecule has 0 saturated carbocycles. The van der Waals surface area contributed by atoms with Gasteiger partial charge in [-0.1, -0.05) is 32.0 Å². The lowest BCUT2D eigenvalue weighted by Gasteiger charge is -2.30. The summed E-state index contributed by atoms with van der Waals surface area (Å²) in [5.74, 6) is -0.00829. The molecule has 6 atom stereocenters. The van der Waals surface area contributed by atoms with E-state index < -0.39 is 53.9 Å². The number of nitrogens with one attached hydrogen (secondary N) is 2. The summed E-state index contributed by atoms with van der Waals surface area (Å²) < 4.78 is 24.3. The van der Waals surface area contributed by atoms with Crippen LogP contribution in [-0.4, -0.2) is 62.3 Å². The van der Waals surface area contributed by atoms with Gasteiger partial charge in [0.2, 0.25) is 0 Å². The summed E-state index contributed by atoms with van der Waals surface area (Å²) >= 11 is 5.79. The first-order chi connectivity index (χ1) is 18.2. The zero-order chi connectivity index (χ0) is 29.0. The second-order valence-electron chi connectivity index (χ2n) is 10.2. The molecule has 3 rings (SSSR count). The summed E-state index contributed by atoms with van der Waals surface area (Å²) in [5.41, 5.74) is -3.36. The molecule has 1 saturated heterocycles. The first-order valence-electron chi connectivity index (χ1n) is 12.6. The topological polar surface area (TPSA) is 161 Å². The average Bonchev–Trinajstić information content (AvgIpc) is 3.06. The van der Waals surface area contributed by atoms with Crippen molar-refractivity contribution in [2.45, 2.75) is 77.2 Å². The van der Waals surface area contributed by atoms with E-state index in [1.165, 1.54) is 6.92 Å². The maximum absolute atomic E-state index is 12.9. The van der Waals surface area contributed by atoms with Crippen LogP contribution in [0.3, 0.4) is 0 Å². The van der Waals surface area contributed by atoms with Gasteiger partial charge in [-0.2, -0.15) is 0 Å². The van der Waals surface area contributed by atoms with Crippen molar-refractivity contribution in [1.29, 1.82) is 0 Å². The fourth-order valence-corrected chi connectivity index (χ4v) is 6.39. The van der Waals surface area contributed by atoms with E-state index in [-0.39, 0.29) is 18.6 Å². The number of ether oxygens (including phenoxy) is 2. The minimum Gasteiger partial charge on any atom is -0.462 e. The molecular formula is C25H36N3O9PS. The third-order valence-electron chi connectivity index (χ3n) is 5.89. The number of rotatable bonds is 12. The Morgan fingerprint density at radius 2 is 1.90 bits per heavy atom. The monoisotopic (exact) mass is 585 g/mol. The van der Waals surface area contributed by atoms with Crippen LogP contribution >= 0.6 is 6.64 Å². The Bertz CT molecular complexity index is 1280. The number of benzene rings is 1. The zero-order valence-corrected chi connectivity index (χ0v) is 24.2. The lowest BCUT2D eigenvalue weighted by atomic mass is 9.96. The van der Waals surface area contributed by atoms with Gasteiger partial charge in [-0.3, -0.25) is 19.1 Å². The van der Waals surface area contributed by atoms with Crippen LogP contribution in [0.25, 0.3) is 0 Å². The van der Waals surface area contributed by atoms with Crippen LogP contribution in [0.4, 0.5) is 0 Å². The largest absolute Gasteiger partial charge is 0.462 e. The molecule has 2 aromatic rings. The highest BCUT2D eigenvalue weighted by atomic mass is 32.5. The first kappa shape index (κ1) is 31.2. The van der Waals surface area contributed by atoms with Crippen molar-refractivity contribution in [3.05, 3.63) is 63.4 Å². The maximum Gasteiger partial charge on any atom is 0.330 e. The van der Waals surface area contributed by atoms with Gasteiger partial charge in [-0.15, -0.1) is 0 Å². The quantitative estimate of drug-likeness (QED) is 0.212. The first-order valence-corrected chi connectivity index (χ1v) is 15.2. The van der Waals surface area contributed by atoms with Crippen molar-refractivity contribution < 1.29 is 33.5 Å². The number of aliphatic hydroxyl groups excluding tert-OH is 1. The number of carbonyl (C=O) groups excluding carboxylic acids is 1. The fraction of sp³-hybridized carbons (Fsp3) is 0.560. The Kier molecular flexibility index (Phi) is 10.3. The summed E-state index contributed by atoms with van der Waals surface area (Å²) in [6.07, 6.45) is -2.77. The third kappa shape index (κ3) is 8.07. The second kappa shape index (κ2) is 12.9. The average molecular weight is 586 g/mol. The molecule has 0 aliphatic carbocycles. The van der Waals surface area contributed by atoms with E-state index in [0.29, 0.717) is 12.2 Å². The van der Waals surface area contributed by atoms with Gasteiger partial charge in [-0.05, 0) is 57.0 Å². The molecule has 1 aromatic carbocycles. The van der Waals surface area contributed by atoms with Crippen LogP contribution in [0, 0.1) is 5.92 Å². The van der Waals surface area contributed by atoms with Crippen molar-refractivity contribution in [1.82, 2.24) is 14.6 Å². The minimum absolute atomic E-state index is 0.105. The van der Waals surface area contributed by atoms with Gasteiger partial charge in [0, 0.05) is 12.3 Å². The molecule has 216 valence electrons. The van der Waals surface area contributed by atoms with Crippen LogP contribution in [-0.2, 0) is 30.6 Å². The number of hydrogen-bond acceptors (Lipinski definition) is 10. The highest BCUT2D eigenvalue weighted by molar-refractivity contribution is 8.09. The molecular weight excluding hydrogens is 549 g/mol. The molecule has 6 unspecified atom stereocenters. The van der Waals surface area contributed by atoms with Gasteiger partial charge in [0.05, 0.1) is 12.7 Å². The van der Waals surface area contributed by atoms with E-state index >= 15 is 0 Å². The molecule has 12 nitrogen and oxygen atoms in total. The molecule has 4 N–H and O–H groups in total. The summed E-state index contributed by atoms with van der Waals surface area (Å²) in [5, 5.41) is 24.9. The molecule has 39 heavy (non-hydrogen) atoms. The molecule has 1 aromatic heterocycles. The van der Waals surface area contributed by atoms with Crippen LogP contribution in [0.2, 0.25) is 0 Å². The van der Waals surface area contributed by atoms with Gasteiger partial charge in [-0.25, -0.2) is 9.88 Å². The summed E-state index contributed by atoms with van der Waals surface area (Å²) in [4.78, 5) is 38.8. The molecule has 1 aliphatic rings. The van der Waals surface area contributed by atoms with Crippen molar-refractivity contribution in [2.24, 2.45) is 5.92 Å². The standard InChI is InChI=1S/C25H36N3O9PS/c1-15(2)13-18(22(31)35-16(3)4)27-38(39,37-17-9-7-6-8-10-17)34-14-19-21(30)25(5,33)23(36-19)28-12-11-20(29)26-24(28)32/h6-12,15-16,18-19,21,23,30,33H,13-14H2,1-5H3,(H,27,39)(H,26,29,32). The Morgan fingerprint density at radius 3 is 2.49 bits per heavy atom. The van der Waals surface area contributed by atoms with E-state index in [4.69, 9.17) is 30.3 Å². The number of esters is 1. The Labute approximate surface area is 231 Å². The lowest BCUT2D eigenvalue weighted by molar-refractivity contribution is -0.150. The van der Waals surface area contributed by atoms with Crippen molar-refractivity contribution in [2.75, 3.05) is 6.61 Å². The van der Waals surface area contributed by atoms with Gasteiger partial charge in [0.15, 0.2) is 6.23 Å². The van der Waals surface area contributed by atoms with E-state index in [1.54, 1.807) is 44.2 Å². The van der Waals surface area contributed by atoms with Crippen molar-refractivity contribution >= 4 is 24.4 Å². The van der Waals surface area contributed by atoms with Crippen LogP contribution in [0.15, 0.2) is 52.2 Å². The smallest absolute Gasteiger partial charge is 0.330 e. The van der Waals surface area contributed by atoms with Gasteiger partial charge < -0.3 is 28.7 Å². The maximum atomic E-state index is 12.9. The number of aromatic amines is 1. The normalized spacial score (nSPS) is 25.4. The second-order valence-corrected chi connectivity index (χ2v) is 13.3. The fourth-order valence-electron chi connectivity index (χ4n) is 4.05. The minimum atomic E-state index is -3.49. The predicted octanol–water partition coefficient (Wildman–Crippen LogP) is 1.82. The molecule has 0 spiro atoms. The lowest BCUT2D eigenvalue weighted by Crippen LogP contribution is -2.47. The van der Waals surface area contributed by atoms with Crippen LogP contribution < -0.4 is 20.9 Å². The van der Waals surface area contributed by atoms with Crippen molar-refractivity contribution in [3.8, 4) is 5.75 Å². The highest BCUT2D eigenvalue weighted by Gasteiger charge is 2.54. The molecule has 2 heterocycles. The van der Waals surface area contributed by atoms with E-state index in [1.807, 2.05) is 13.8 Å². The van der Waals surface area contributed by atoms with E-state index in [9.17, 15) is 24.6 Å². The Balaban J connectivity index is 1.86.